The Bertz CT molecular complexity index is 250. The lowest BCUT2D eigenvalue weighted by molar-refractivity contribution is 0.0525. The minimum atomic E-state index is 0.467. The first kappa shape index (κ1) is 14.3. The highest BCUT2D eigenvalue weighted by Gasteiger charge is 2.39. The van der Waals surface area contributed by atoms with E-state index in [0.29, 0.717) is 11.6 Å². The van der Waals surface area contributed by atoms with Gasteiger partial charge in [0.15, 0.2) is 0 Å². The predicted molar refractivity (Wildman–Crippen MR) is 78.0 cm³/mol. The highest BCUT2D eigenvalue weighted by molar-refractivity contribution is 4.98. The molecule has 0 bridgehead atoms. The topological polar surface area (TPSA) is 18.5 Å². The Hall–Kier alpha value is -0.120. The van der Waals surface area contributed by atoms with Crippen molar-refractivity contribution >= 4 is 0 Å². The van der Waals surface area contributed by atoms with Crippen LogP contribution in [0.1, 0.15) is 46.0 Å². The normalized spacial score (nSPS) is 25.7. The molecule has 3 nitrogen and oxygen atoms in total. The molecule has 2 fully saturated rings. The molecule has 1 aliphatic heterocycles. The summed E-state index contributed by atoms with van der Waals surface area (Å²) in [5.41, 5.74) is 0.467. The second-order valence-electron chi connectivity index (χ2n) is 6.76. The van der Waals surface area contributed by atoms with Gasteiger partial charge < -0.3 is 15.1 Å². The highest BCUT2D eigenvalue weighted by Crippen LogP contribution is 2.35. The summed E-state index contributed by atoms with van der Waals surface area (Å²) in [5, 5.41) is 3.84. The Labute approximate surface area is 113 Å². The third-order valence-corrected chi connectivity index (χ3v) is 5.21. The third kappa shape index (κ3) is 3.06. The van der Waals surface area contributed by atoms with Crippen molar-refractivity contribution in [3.05, 3.63) is 0 Å². The Morgan fingerprint density at radius 2 is 1.83 bits per heavy atom. The van der Waals surface area contributed by atoms with Gasteiger partial charge in [0.2, 0.25) is 0 Å². The van der Waals surface area contributed by atoms with Gasteiger partial charge in [-0.2, -0.15) is 0 Å². The molecule has 106 valence electrons. The third-order valence-electron chi connectivity index (χ3n) is 5.21. The second kappa shape index (κ2) is 5.89. The zero-order valence-electron chi connectivity index (χ0n) is 12.7. The number of nitrogens with zero attached hydrogens (tertiary/aromatic N) is 2. The van der Waals surface area contributed by atoms with E-state index >= 15 is 0 Å². The van der Waals surface area contributed by atoms with Crippen LogP contribution in [-0.4, -0.2) is 61.2 Å². The summed E-state index contributed by atoms with van der Waals surface area (Å²) in [6, 6.07) is 1.46. The monoisotopic (exact) mass is 253 g/mol. The van der Waals surface area contributed by atoms with E-state index in [1.54, 1.807) is 0 Å². The molecule has 0 spiro atoms. The van der Waals surface area contributed by atoms with Crippen LogP contribution in [0.4, 0.5) is 0 Å². The number of nitrogens with one attached hydrogen (secondary N) is 1. The summed E-state index contributed by atoms with van der Waals surface area (Å²) < 4.78 is 0. The molecule has 1 saturated carbocycles. The summed E-state index contributed by atoms with van der Waals surface area (Å²) in [7, 11) is 4.48. The van der Waals surface area contributed by atoms with Gasteiger partial charge in [-0.05, 0) is 73.1 Å². The van der Waals surface area contributed by atoms with Gasteiger partial charge in [-0.25, -0.2) is 0 Å². The standard InChI is InChI=1S/C15H31N3/c1-13(2)18-10-6-14(7-11-18)16-12-15(17(3)4)8-5-9-15/h13-14,16H,5-12H2,1-4H3. The van der Waals surface area contributed by atoms with Crippen LogP contribution >= 0.6 is 0 Å². The summed E-state index contributed by atoms with van der Waals surface area (Å²) in [5.74, 6) is 0. The Balaban J connectivity index is 1.72. The van der Waals surface area contributed by atoms with Crippen LogP contribution in [0.2, 0.25) is 0 Å². The smallest absolute Gasteiger partial charge is 0.0328 e. The van der Waals surface area contributed by atoms with Crippen molar-refractivity contribution in [2.75, 3.05) is 33.7 Å². The number of likely N-dealkylation sites (tertiary alicyclic amines) is 1. The van der Waals surface area contributed by atoms with Gasteiger partial charge in [0.1, 0.15) is 0 Å². The largest absolute Gasteiger partial charge is 0.312 e. The molecule has 1 heterocycles. The fourth-order valence-electron chi connectivity index (χ4n) is 3.32. The fourth-order valence-corrected chi connectivity index (χ4v) is 3.32. The quantitative estimate of drug-likeness (QED) is 0.808. The Morgan fingerprint density at radius 3 is 2.22 bits per heavy atom. The van der Waals surface area contributed by atoms with Gasteiger partial charge in [0.25, 0.3) is 0 Å². The van der Waals surface area contributed by atoms with Crippen LogP contribution in [0.5, 0.6) is 0 Å². The maximum atomic E-state index is 3.84. The first-order valence-electron chi connectivity index (χ1n) is 7.68. The van der Waals surface area contributed by atoms with Crippen molar-refractivity contribution in [3.8, 4) is 0 Å². The Morgan fingerprint density at radius 1 is 1.22 bits per heavy atom. The minimum absolute atomic E-state index is 0.467. The maximum Gasteiger partial charge on any atom is 0.0328 e. The summed E-state index contributed by atoms with van der Waals surface area (Å²) >= 11 is 0. The average Bonchev–Trinajstić information content (AvgIpc) is 2.27. The molecule has 0 unspecified atom stereocenters. The number of piperidine rings is 1. The molecular weight excluding hydrogens is 222 g/mol. The second-order valence-corrected chi connectivity index (χ2v) is 6.76. The molecule has 1 aliphatic carbocycles. The van der Waals surface area contributed by atoms with E-state index in [2.05, 4.69) is 43.1 Å². The number of hydrogen-bond acceptors (Lipinski definition) is 3. The van der Waals surface area contributed by atoms with Crippen molar-refractivity contribution in [1.29, 1.82) is 0 Å². The van der Waals surface area contributed by atoms with Crippen molar-refractivity contribution in [2.45, 2.75) is 63.6 Å². The van der Waals surface area contributed by atoms with Crippen LogP contribution in [0, 0.1) is 0 Å². The van der Waals surface area contributed by atoms with Crippen LogP contribution in [0.15, 0.2) is 0 Å². The molecule has 1 saturated heterocycles. The number of rotatable bonds is 5. The summed E-state index contributed by atoms with van der Waals surface area (Å²) in [6.45, 7) is 8.34. The molecule has 2 rings (SSSR count). The van der Waals surface area contributed by atoms with Crippen LogP contribution in [0.3, 0.4) is 0 Å². The van der Waals surface area contributed by atoms with E-state index < -0.39 is 0 Å². The van der Waals surface area contributed by atoms with E-state index in [0.717, 1.165) is 6.04 Å². The van der Waals surface area contributed by atoms with E-state index in [9.17, 15) is 0 Å². The molecule has 3 heteroatoms. The Kier molecular flexibility index (Phi) is 4.68. The molecular formula is C15H31N3. The molecule has 0 atom stereocenters. The minimum Gasteiger partial charge on any atom is -0.312 e. The van der Waals surface area contributed by atoms with Crippen molar-refractivity contribution < 1.29 is 0 Å². The average molecular weight is 253 g/mol. The molecule has 0 aromatic carbocycles. The van der Waals surface area contributed by atoms with Crippen LogP contribution < -0.4 is 5.32 Å². The summed E-state index contributed by atoms with van der Waals surface area (Å²) in [6.07, 6.45) is 6.80. The van der Waals surface area contributed by atoms with E-state index in [1.165, 1.54) is 51.7 Å². The van der Waals surface area contributed by atoms with Gasteiger partial charge in [0.05, 0.1) is 0 Å². The first-order valence-corrected chi connectivity index (χ1v) is 7.68. The van der Waals surface area contributed by atoms with Gasteiger partial charge in [-0.15, -0.1) is 0 Å². The maximum absolute atomic E-state index is 3.84. The molecule has 18 heavy (non-hydrogen) atoms. The van der Waals surface area contributed by atoms with Gasteiger partial charge in [-0.3, -0.25) is 0 Å². The lowest BCUT2D eigenvalue weighted by atomic mass is 9.75. The van der Waals surface area contributed by atoms with Crippen molar-refractivity contribution in [3.63, 3.8) is 0 Å². The lowest BCUT2D eigenvalue weighted by Crippen LogP contribution is -2.58. The van der Waals surface area contributed by atoms with Crippen molar-refractivity contribution in [2.24, 2.45) is 0 Å². The predicted octanol–water partition coefficient (Wildman–Crippen LogP) is 1.93. The fraction of sp³-hybridized carbons (Fsp3) is 1.00. The zero-order valence-corrected chi connectivity index (χ0v) is 12.7. The van der Waals surface area contributed by atoms with E-state index in [-0.39, 0.29) is 0 Å². The van der Waals surface area contributed by atoms with Gasteiger partial charge in [-0.1, -0.05) is 0 Å². The van der Waals surface area contributed by atoms with Crippen LogP contribution in [-0.2, 0) is 0 Å². The highest BCUT2D eigenvalue weighted by atomic mass is 15.2. The zero-order chi connectivity index (χ0) is 13.2. The van der Waals surface area contributed by atoms with Gasteiger partial charge >= 0.3 is 0 Å². The molecule has 0 amide bonds. The van der Waals surface area contributed by atoms with E-state index in [1.807, 2.05) is 0 Å². The molecule has 0 radical (unpaired) electrons. The van der Waals surface area contributed by atoms with E-state index in [4.69, 9.17) is 0 Å². The van der Waals surface area contributed by atoms with Gasteiger partial charge in [0, 0.05) is 24.2 Å². The molecule has 1 N–H and O–H groups in total. The lowest BCUT2D eigenvalue weighted by Gasteiger charge is -2.48. The first-order chi connectivity index (χ1) is 8.53. The number of hydrogen-bond donors (Lipinski definition) is 1. The number of likely N-dealkylation sites (N-methyl/N-ethyl adjacent to an activating group) is 1. The molecule has 0 aromatic heterocycles. The summed E-state index contributed by atoms with van der Waals surface area (Å²) in [4.78, 5) is 5.04. The molecule has 0 aromatic rings. The molecule has 2 aliphatic rings. The van der Waals surface area contributed by atoms with Crippen molar-refractivity contribution in [1.82, 2.24) is 15.1 Å². The van der Waals surface area contributed by atoms with Crippen LogP contribution in [0.25, 0.3) is 0 Å². The SMILES string of the molecule is CC(C)N1CCC(NCC2(N(C)C)CCC2)CC1.